The van der Waals surface area contributed by atoms with Crippen LogP contribution in [0.4, 0.5) is 5.69 Å². The number of rotatable bonds is 7. The van der Waals surface area contributed by atoms with Gasteiger partial charge in [-0.1, -0.05) is 60.2 Å². The largest absolute Gasteiger partial charge is 0.494 e. The van der Waals surface area contributed by atoms with E-state index in [2.05, 4.69) is 5.32 Å². The van der Waals surface area contributed by atoms with E-state index in [4.69, 9.17) is 4.74 Å². The highest BCUT2D eigenvalue weighted by Crippen LogP contribution is 2.33. The molecule has 0 bridgehead atoms. The molecular weight excluding hydrogens is 400 g/mol. The standard InChI is InChI=1S/C27H26N2O3/c1-4-32-22-13-11-21(12-14-22)24-25(28-23-15-10-18(2)16-19(23)3)27(31)29(26(24)30)17-20-8-6-5-7-9-20/h5-16,28H,4,17H2,1-3H3. The van der Waals surface area contributed by atoms with Gasteiger partial charge in [-0.15, -0.1) is 0 Å². The third-order valence-corrected chi connectivity index (χ3v) is 5.45. The average molecular weight is 427 g/mol. The molecule has 0 fully saturated rings. The van der Waals surface area contributed by atoms with Gasteiger partial charge in [-0.3, -0.25) is 14.5 Å². The van der Waals surface area contributed by atoms with Gasteiger partial charge in [0.05, 0.1) is 18.7 Å². The second kappa shape index (κ2) is 9.10. The number of nitrogens with one attached hydrogen (secondary N) is 1. The number of hydrogen-bond donors (Lipinski definition) is 1. The molecule has 0 aromatic heterocycles. The smallest absolute Gasteiger partial charge is 0.278 e. The topological polar surface area (TPSA) is 58.6 Å². The maximum atomic E-state index is 13.4. The van der Waals surface area contributed by atoms with Gasteiger partial charge in [0.25, 0.3) is 11.8 Å². The van der Waals surface area contributed by atoms with Crippen LogP contribution in [0, 0.1) is 13.8 Å². The summed E-state index contributed by atoms with van der Waals surface area (Å²) in [5.74, 6) is 0.0802. The van der Waals surface area contributed by atoms with Crippen LogP contribution in [0.3, 0.4) is 0 Å². The van der Waals surface area contributed by atoms with Gasteiger partial charge >= 0.3 is 0 Å². The molecule has 0 radical (unpaired) electrons. The minimum Gasteiger partial charge on any atom is -0.494 e. The van der Waals surface area contributed by atoms with Gasteiger partial charge < -0.3 is 10.1 Å². The Morgan fingerprint density at radius 1 is 0.875 bits per heavy atom. The van der Waals surface area contributed by atoms with E-state index in [0.717, 1.165) is 28.1 Å². The van der Waals surface area contributed by atoms with Crippen LogP contribution in [-0.4, -0.2) is 23.3 Å². The van der Waals surface area contributed by atoms with E-state index in [1.807, 2.05) is 93.6 Å². The van der Waals surface area contributed by atoms with Crippen molar-refractivity contribution in [2.45, 2.75) is 27.3 Å². The molecule has 1 N–H and O–H groups in total. The lowest BCUT2D eigenvalue weighted by molar-refractivity contribution is -0.137. The Kier molecular flexibility index (Phi) is 6.08. The summed E-state index contributed by atoms with van der Waals surface area (Å²) < 4.78 is 5.53. The molecule has 2 amide bonds. The number of imide groups is 1. The second-order valence-electron chi connectivity index (χ2n) is 7.83. The van der Waals surface area contributed by atoms with Crippen LogP contribution in [0.15, 0.2) is 78.5 Å². The van der Waals surface area contributed by atoms with Crippen molar-refractivity contribution < 1.29 is 14.3 Å². The first kappa shape index (κ1) is 21.4. The minimum atomic E-state index is -0.331. The maximum absolute atomic E-state index is 13.4. The molecule has 0 saturated carbocycles. The summed E-state index contributed by atoms with van der Waals surface area (Å²) in [5, 5.41) is 3.26. The molecule has 1 aliphatic rings. The molecule has 1 aliphatic heterocycles. The highest BCUT2D eigenvalue weighted by atomic mass is 16.5. The number of carbonyl (C=O) groups excluding carboxylic acids is 2. The van der Waals surface area contributed by atoms with E-state index in [1.165, 1.54) is 4.90 Å². The van der Waals surface area contributed by atoms with Crippen molar-refractivity contribution in [2.75, 3.05) is 11.9 Å². The van der Waals surface area contributed by atoms with Crippen molar-refractivity contribution in [1.29, 1.82) is 0 Å². The zero-order chi connectivity index (χ0) is 22.7. The van der Waals surface area contributed by atoms with Crippen molar-refractivity contribution in [3.05, 3.63) is 101 Å². The number of nitrogens with zero attached hydrogens (tertiary/aromatic N) is 1. The molecule has 0 atom stereocenters. The molecule has 4 rings (SSSR count). The van der Waals surface area contributed by atoms with Crippen molar-refractivity contribution in [3.8, 4) is 5.75 Å². The van der Waals surface area contributed by atoms with Gasteiger partial charge in [0.15, 0.2) is 0 Å². The fraction of sp³-hybridized carbons (Fsp3) is 0.185. The normalized spacial score (nSPS) is 13.7. The van der Waals surface area contributed by atoms with E-state index < -0.39 is 0 Å². The van der Waals surface area contributed by atoms with Crippen molar-refractivity contribution >= 4 is 23.1 Å². The van der Waals surface area contributed by atoms with Crippen molar-refractivity contribution in [2.24, 2.45) is 0 Å². The summed E-state index contributed by atoms with van der Waals surface area (Å²) in [7, 11) is 0. The Hall–Kier alpha value is -3.86. The highest BCUT2D eigenvalue weighted by molar-refractivity contribution is 6.36. The molecule has 0 saturated heterocycles. The lowest BCUT2D eigenvalue weighted by Gasteiger charge is -2.16. The van der Waals surface area contributed by atoms with Crippen LogP contribution in [-0.2, 0) is 16.1 Å². The number of benzene rings is 3. The van der Waals surface area contributed by atoms with Gasteiger partial charge in [-0.05, 0) is 55.7 Å². The fourth-order valence-corrected chi connectivity index (χ4v) is 3.84. The van der Waals surface area contributed by atoms with E-state index in [-0.39, 0.29) is 18.4 Å². The molecule has 5 heteroatoms. The summed E-state index contributed by atoms with van der Waals surface area (Å²) in [6.07, 6.45) is 0. The van der Waals surface area contributed by atoms with Gasteiger partial charge in [0.1, 0.15) is 11.4 Å². The van der Waals surface area contributed by atoms with E-state index in [1.54, 1.807) is 0 Å². The van der Waals surface area contributed by atoms with Crippen LogP contribution in [0.1, 0.15) is 29.2 Å². The van der Waals surface area contributed by atoms with Crippen LogP contribution >= 0.6 is 0 Å². The summed E-state index contributed by atoms with van der Waals surface area (Å²) in [5.41, 5.74) is 5.17. The third-order valence-electron chi connectivity index (χ3n) is 5.45. The first-order valence-electron chi connectivity index (χ1n) is 10.7. The molecule has 0 aliphatic carbocycles. The van der Waals surface area contributed by atoms with Gasteiger partial charge in [0, 0.05) is 5.69 Å². The monoisotopic (exact) mass is 426 g/mol. The molecule has 1 heterocycles. The van der Waals surface area contributed by atoms with Crippen LogP contribution < -0.4 is 10.1 Å². The zero-order valence-electron chi connectivity index (χ0n) is 18.5. The quantitative estimate of drug-likeness (QED) is 0.535. The Bertz CT molecular complexity index is 1180. The first-order valence-corrected chi connectivity index (χ1v) is 10.7. The second-order valence-corrected chi connectivity index (χ2v) is 7.83. The number of anilines is 1. The van der Waals surface area contributed by atoms with Crippen LogP contribution in [0.5, 0.6) is 5.75 Å². The Labute approximate surface area is 188 Å². The van der Waals surface area contributed by atoms with Crippen molar-refractivity contribution in [3.63, 3.8) is 0 Å². The molecule has 3 aromatic carbocycles. The first-order chi connectivity index (χ1) is 15.5. The number of ether oxygens (including phenoxy) is 1. The number of hydrogen-bond acceptors (Lipinski definition) is 4. The predicted octanol–water partition coefficient (Wildman–Crippen LogP) is 5.09. The fourth-order valence-electron chi connectivity index (χ4n) is 3.84. The lowest BCUT2D eigenvalue weighted by Crippen LogP contribution is -2.32. The molecule has 5 nitrogen and oxygen atoms in total. The maximum Gasteiger partial charge on any atom is 0.278 e. The highest BCUT2D eigenvalue weighted by Gasteiger charge is 2.39. The molecular formula is C27H26N2O3. The Morgan fingerprint density at radius 3 is 2.25 bits per heavy atom. The SMILES string of the molecule is CCOc1ccc(C2=C(Nc3ccc(C)cc3C)C(=O)N(Cc3ccccc3)C2=O)cc1. The molecule has 0 spiro atoms. The summed E-state index contributed by atoms with van der Waals surface area (Å²) in [6.45, 7) is 6.70. The number of carbonyl (C=O) groups is 2. The zero-order valence-corrected chi connectivity index (χ0v) is 18.5. The summed E-state index contributed by atoms with van der Waals surface area (Å²) in [6, 6.07) is 22.8. The Balaban J connectivity index is 1.74. The lowest BCUT2D eigenvalue weighted by atomic mass is 10.0. The summed E-state index contributed by atoms with van der Waals surface area (Å²) in [4.78, 5) is 28.2. The Morgan fingerprint density at radius 2 is 1.59 bits per heavy atom. The molecule has 3 aromatic rings. The summed E-state index contributed by atoms with van der Waals surface area (Å²) >= 11 is 0. The van der Waals surface area contributed by atoms with Gasteiger partial charge in [-0.25, -0.2) is 0 Å². The van der Waals surface area contributed by atoms with E-state index in [0.29, 0.717) is 23.4 Å². The molecule has 162 valence electrons. The third kappa shape index (κ3) is 4.28. The molecule has 0 unspecified atom stereocenters. The van der Waals surface area contributed by atoms with Crippen molar-refractivity contribution in [1.82, 2.24) is 4.90 Å². The average Bonchev–Trinajstić information content (AvgIpc) is 3.01. The number of amides is 2. The van der Waals surface area contributed by atoms with E-state index >= 15 is 0 Å². The van der Waals surface area contributed by atoms with Crippen LogP contribution in [0.2, 0.25) is 0 Å². The van der Waals surface area contributed by atoms with Crippen LogP contribution in [0.25, 0.3) is 5.57 Å². The minimum absolute atomic E-state index is 0.219. The van der Waals surface area contributed by atoms with Gasteiger partial charge in [0.2, 0.25) is 0 Å². The molecule has 32 heavy (non-hydrogen) atoms. The number of aryl methyl sites for hydroxylation is 2. The van der Waals surface area contributed by atoms with E-state index in [9.17, 15) is 9.59 Å². The predicted molar refractivity (Wildman–Crippen MR) is 126 cm³/mol. The van der Waals surface area contributed by atoms with Gasteiger partial charge in [-0.2, -0.15) is 0 Å².